The molecule has 0 saturated heterocycles. The molecule has 3 rings (SSSR count). The number of carbonyl (C=O) groups is 3. The summed E-state index contributed by atoms with van der Waals surface area (Å²) in [5.74, 6) is -2.92. The largest absolute Gasteiger partial charge is 0.508 e. The topological polar surface area (TPSA) is 99.1 Å². The molecule has 7 nitrogen and oxygen atoms in total. The molecule has 0 spiro atoms. The van der Waals surface area contributed by atoms with Gasteiger partial charge >= 0.3 is 17.9 Å². The Labute approximate surface area is 154 Å². The summed E-state index contributed by atoms with van der Waals surface area (Å²) in [4.78, 5) is 37.5. The average Bonchev–Trinajstić information content (AvgIpc) is 3.02. The molecule has 0 amide bonds. The number of carbonyl (C=O) groups excluding carboxylic acids is 3. The van der Waals surface area contributed by atoms with Crippen molar-refractivity contribution in [3.63, 3.8) is 0 Å². The van der Waals surface area contributed by atoms with Gasteiger partial charge in [-0.25, -0.2) is 14.4 Å². The van der Waals surface area contributed by atoms with Gasteiger partial charge in [0.2, 0.25) is 0 Å². The van der Waals surface area contributed by atoms with Gasteiger partial charge in [-0.1, -0.05) is 42.5 Å². The van der Waals surface area contributed by atoms with Crippen molar-refractivity contribution in [1.82, 2.24) is 0 Å². The lowest BCUT2D eigenvalue weighted by Gasteiger charge is -2.31. The number of hydrogen-bond acceptors (Lipinski definition) is 7. The number of rotatable bonds is 4. The minimum absolute atomic E-state index is 0.0110. The molecule has 2 aromatic carbocycles. The van der Waals surface area contributed by atoms with Crippen LogP contribution in [0.25, 0.3) is 0 Å². The molecular weight excluding hydrogens is 352 g/mol. The number of phenols is 1. The van der Waals surface area contributed by atoms with Gasteiger partial charge in [-0.15, -0.1) is 0 Å². The first-order chi connectivity index (χ1) is 13.0. The summed E-state index contributed by atoms with van der Waals surface area (Å²) in [6, 6.07) is 14.3. The van der Waals surface area contributed by atoms with Gasteiger partial charge in [0, 0.05) is 11.1 Å². The minimum Gasteiger partial charge on any atom is -0.508 e. The standard InChI is InChI=1S/C20H16O7/c1-25-17(22)15-16(19(24)26-2)20(27-18(15)23,12-6-4-3-5-7-12)13-8-10-14(21)11-9-13/h3-11,21H,1-2H3. The van der Waals surface area contributed by atoms with Crippen molar-refractivity contribution in [3.05, 3.63) is 76.9 Å². The van der Waals surface area contributed by atoms with Crippen LogP contribution in [0.3, 0.4) is 0 Å². The molecule has 0 aliphatic carbocycles. The van der Waals surface area contributed by atoms with Crippen molar-refractivity contribution in [3.8, 4) is 5.75 Å². The van der Waals surface area contributed by atoms with E-state index >= 15 is 0 Å². The molecule has 1 heterocycles. The van der Waals surface area contributed by atoms with Crippen LogP contribution in [0.2, 0.25) is 0 Å². The maximum Gasteiger partial charge on any atom is 0.347 e. The molecule has 27 heavy (non-hydrogen) atoms. The predicted octanol–water partition coefficient (Wildman–Crippen LogP) is 1.84. The lowest BCUT2D eigenvalue weighted by atomic mass is 9.79. The second-order valence-corrected chi connectivity index (χ2v) is 5.72. The van der Waals surface area contributed by atoms with Crippen LogP contribution in [0.4, 0.5) is 0 Å². The van der Waals surface area contributed by atoms with E-state index in [0.29, 0.717) is 11.1 Å². The Bertz CT molecular complexity index is 929. The highest BCUT2D eigenvalue weighted by atomic mass is 16.6. The Kier molecular flexibility index (Phi) is 4.68. The summed E-state index contributed by atoms with van der Waals surface area (Å²) in [5, 5.41) is 9.62. The van der Waals surface area contributed by atoms with Crippen LogP contribution in [0.5, 0.6) is 5.75 Å². The Morgan fingerprint density at radius 2 is 1.44 bits per heavy atom. The first kappa shape index (κ1) is 18.2. The Morgan fingerprint density at radius 1 is 0.889 bits per heavy atom. The lowest BCUT2D eigenvalue weighted by Crippen LogP contribution is -2.34. The maximum atomic E-state index is 12.7. The Hall–Kier alpha value is -3.61. The molecule has 0 fully saturated rings. The van der Waals surface area contributed by atoms with Crippen LogP contribution in [0, 0.1) is 0 Å². The minimum atomic E-state index is -1.72. The molecule has 138 valence electrons. The second kappa shape index (κ2) is 6.95. The summed E-state index contributed by atoms with van der Waals surface area (Å²) in [5.41, 5.74) is -1.73. The van der Waals surface area contributed by atoms with Crippen molar-refractivity contribution in [2.45, 2.75) is 5.60 Å². The van der Waals surface area contributed by atoms with Crippen molar-refractivity contribution in [2.75, 3.05) is 14.2 Å². The molecule has 0 radical (unpaired) electrons. The van der Waals surface area contributed by atoms with E-state index in [0.717, 1.165) is 14.2 Å². The maximum absolute atomic E-state index is 12.7. The number of ether oxygens (including phenoxy) is 3. The predicted molar refractivity (Wildman–Crippen MR) is 92.5 cm³/mol. The van der Waals surface area contributed by atoms with Crippen LogP contribution in [0.15, 0.2) is 65.7 Å². The fourth-order valence-electron chi connectivity index (χ4n) is 3.10. The summed E-state index contributed by atoms with van der Waals surface area (Å²) >= 11 is 0. The van der Waals surface area contributed by atoms with Crippen LogP contribution in [-0.2, 0) is 34.2 Å². The van der Waals surface area contributed by atoms with Crippen LogP contribution in [0.1, 0.15) is 11.1 Å². The van der Waals surface area contributed by atoms with E-state index in [2.05, 4.69) is 4.74 Å². The van der Waals surface area contributed by atoms with E-state index in [9.17, 15) is 19.5 Å². The number of methoxy groups -OCH3 is 2. The highest BCUT2D eigenvalue weighted by Crippen LogP contribution is 2.47. The number of esters is 3. The third-order valence-corrected chi connectivity index (χ3v) is 4.29. The lowest BCUT2D eigenvalue weighted by molar-refractivity contribution is -0.148. The number of benzene rings is 2. The van der Waals surface area contributed by atoms with Crippen LogP contribution in [-0.4, -0.2) is 37.2 Å². The van der Waals surface area contributed by atoms with Gasteiger partial charge < -0.3 is 19.3 Å². The van der Waals surface area contributed by atoms with E-state index in [4.69, 9.17) is 9.47 Å². The molecular formula is C20H16O7. The number of cyclic esters (lactones) is 1. The number of hydrogen-bond donors (Lipinski definition) is 1. The van der Waals surface area contributed by atoms with E-state index in [-0.39, 0.29) is 11.3 Å². The number of aromatic hydroxyl groups is 1. The molecule has 7 heteroatoms. The summed E-state index contributed by atoms with van der Waals surface area (Å²) in [6.07, 6.45) is 0. The molecule has 1 aliphatic rings. The highest BCUT2D eigenvalue weighted by molar-refractivity contribution is 6.22. The highest BCUT2D eigenvalue weighted by Gasteiger charge is 2.56. The molecule has 0 saturated carbocycles. The zero-order valence-electron chi connectivity index (χ0n) is 14.6. The van der Waals surface area contributed by atoms with E-state index in [1.54, 1.807) is 30.3 Å². The van der Waals surface area contributed by atoms with Crippen molar-refractivity contribution in [1.29, 1.82) is 0 Å². The van der Waals surface area contributed by atoms with E-state index in [1.807, 2.05) is 0 Å². The fourth-order valence-corrected chi connectivity index (χ4v) is 3.10. The normalized spacial score (nSPS) is 18.8. The average molecular weight is 368 g/mol. The summed E-state index contributed by atoms with van der Waals surface area (Å²) in [7, 11) is 2.24. The fraction of sp³-hybridized carbons (Fsp3) is 0.150. The van der Waals surface area contributed by atoms with Crippen molar-refractivity contribution in [2.24, 2.45) is 0 Å². The molecule has 1 aliphatic heterocycles. The van der Waals surface area contributed by atoms with Gasteiger partial charge in [-0.3, -0.25) is 0 Å². The first-order valence-electron chi connectivity index (χ1n) is 7.95. The summed E-state index contributed by atoms with van der Waals surface area (Å²) < 4.78 is 15.1. The van der Waals surface area contributed by atoms with Crippen LogP contribution < -0.4 is 0 Å². The van der Waals surface area contributed by atoms with Gasteiger partial charge in [-0.2, -0.15) is 0 Å². The molecule has 1 atom stereocenters. The van der Waals surface area contributed by atoms with E-state index in [1.165, 1.54) is 24.3 Å². The first-order valence-corrected chi connectivity index (χ1v) is 7.95. The van der Waals surface area contributed by atoms with Gasteiger partial charge in [0.25, 0.3) is 0 Å². The zero-order chi connectivity index (χ0) is 19.6. The van der Waals surface area contributed by atoms with Gasteiger partial charge in [0.15, 0.2) is 11.2 Å². The molecule has 0 bridgehead atoms. The Balaban J connectivity index is 2.40. The smallest absolute Gasteiger partial charge is 0.347 e. The van der Waals surface area contributed by atoms with Gasteiger partial charge in [-0.05, 0) is 12.1 Å². The second-order valence-electron chi connectivity index (χ2n) is 5.72. The van der Waals surface area contributed by atoms with Crippen molar-refractivity contribution < 1.29 is 33.7 Å². The third-order valence-electron chi connectivity index (χ3n) is 4.29. The zero-order valence-corrected chi connectivity index (χ0v) is 14.6. The molecule has 1 N–H and O–H groups in total. The molecule has 1 unspecified atom stereocenters. The molecule has 2 aromatic rings. The SMILES string of the molecule is COC(=O)C1=C(C(=O)OC)C(c2ccccc2)(c2ccc(O)cc2)OC1=O. The van der Waals surface area contributed by atoms with Crippen LogP contribution >= 0.6 is 0 Å². The van der Waals surface area contributed by atoms with E-state index < -0.39 is 29.1 Å². The number of phenolic OH excluding ortho intramolecular Hbond substituents is 1. The van der Waals surface area contributed by atoms with Crippen molar-refractivity contribution >= 4 is 17.9 Å². The quantitative estimate of drug-likeness (QED) is 0.499. The molecule has 0 aromatic heterocycles. The van der Waals surface area contributed by atoms with Gasteiger partial charge in [0.1, 0.15) is 11.3 Å². The summed E-state index contributed by atoms with van der Waals surface area (Å²) in [6.45, 7) is 0. The monoisotopic (exact) mass is 368 g/mol. The Morgan fingerprint density at radius 3 is 2.00 bits per heavy atom. The van der Waals surface area contributed by atoms with Gasteiger partial charge in [0.05, 0.1) is 14.2 Å². The third kappa shape index (κ3) is 2.83.